The molecule has 4 heteroatoms. The van der Waals surface area contributed by atoms with Crippen molar-refractivity contribution in [2.24, 2.45) is 39.9 Å². The topological polar surface area (TPSA) is 54.1 Å². The Balaban J connectivity index is 0.908. The summed E-state index contributed by atoms with van der Waals surface area (Å²) in [6.45, 7) is 17.5. The molecule has 12 rings (SSSR count). The molecule has 9 aliphatic rings. The van der Waals surface area contributed by atoms with E-state index < -0.39 is 0 Å². The van der Waals surface area contributed by atoms with Crippen LogP contribution in [0.1, 0.15) is 146 Å². The Hall–Kier alpha value is -5.58. The Kier molecular flexibility index (Phi) is 9.54. The fourth-order valence-electron chi connectivity index (χ4n) is 16.3. The Bertz CT molecular complexity index is 2940. The summed E-state index contributed by atoms with van der Waals surface area (Å²) in [6, 6.07) is 28.2. The van der Waals surface area contributed by atoms with Gasteiger partial charge in [-0.1, -0.05) is 121 Å². The van der Waals surface area contributed by atoms with Crippen LogP contribution < -0.4 is 9.80 Å². The van der Waals surface area contributed by atoms with E-state index in [0.29, 0.717) is 23.3 Å². The van der Waals surface area contributed by atoms with Crippen LogP contribution in [0.25, 0.3) is 5.57 Å². The molecule has 2 aliphatic heterocycles. The number of benzene rings is 3. The molecule has 2 fully saturated rings. The normalized spacial score (nSPS) is 36.7. The number of nitrogens with zero attached hydrogens (tertiary/aromatic N) is 4. The smallest absolute Gasteiger partial charge is 0.0991 e. The Labute approximate surface area is 400 Å². The first-order chi connectivity index (χ1) is 32.2. The third-order valence-corrected chi connectivity index (χ3v) is 20.4. The molecule has 10 atom stereocenters. The number of anilines is 3. The van der Waals surface area contributed by atoms with Gasteiger partial charge in [-0.3, -0.25) is 0 Å². The van der Waals surface area contributed by atoms with Crippen molar-refractivity contribution in [3.8, 4) is 12.1 Å². The molecule has 0 saturated heterocycles. The summed E-state index contributed by atoms with van der Waals surface area (Å²) in [4.78, 5) is 5.42. The lowest BCUT2D eigenvalue weighted by Gasteiger charge is -2.61. The van der Waals surface area contributed by atoms with Crippen molar-refractivity contribution in [3.05, 3.63) is 165 Å². The number of hydrogen-bond donors (Lipinski definition) is 0. The van der Waals surface area contributed by atoms with Crippen LogP contribution >= 0.6 is 0 Å². The predicted molar refractivity (Wildman–Crippen MR) is 275 cm³/mol. The molecule has 340 valence electrons. The summed E-state index contributed by atoms with van der Waals surface area (Å²) in [5, 5.41) is 19.5. The third-order valence-electron chi connectivity index (χ3n) is 20.4. The van der Waals surface area contributed by atoms with Crippen molar-refractivity contribution < 1.29 is 0 Å². The molecule has 3 aromatic carbocycles. The van der Waals surface area contributed by atoms with E-state index in [-0.39, 0.29) is 39.2 Å². The first-order valence-corrected chi connectivity index (χ1v) is 25.9. The zero-order chi connectivity index (χ0) is 46.3. The van der Waals surface area contributed by atoms with Crippen LogP contribution in [-0.4, -0.2) is 11.1 Å². The van der Waals surface area contributed by atoms with Gasteiger partial charge in [0.1, 0.15) is 0 Å². The number of rotatable bonds is 4. The largest absolute Gasteiger partial charge is 0.338 e. The van der Waals surface area contributed by atoms with Crippen LogP contribution in [0.15, 0.2) is 137 Å². The second-order valence-corrected chi connectivity index (χ2v) is 23.8. The SMILES string of the molecule is CC1CC(N2c3ccc(C4C=CC5=CC=C6C(c7ccc8c(c7)CC7(C)CCCCC7(C)N8c7ccc(C#N)cc7)=CC(C)C7CC=C4C5C67C)cc3CC3(C)CCCCC23C)=CC=C1C#N. The average Bonchev–Trinajstić information content (AvgIpc) is 3.31. The third kappa shape index (κ3) is 5.93. The fraction of sp³-hybridized carbons (Fsp3) is 0.460. The lowest BCUT2D eigenvalue weighted by atomic mass is 9.46. The van der Waals surface area contributed by atoms with E-state index in [2.05, 4.69) is 168 Å². The molecule has 2 saturated carbocycles. The lowest BCUT2D eigenvalue weighted by Crippen LogP contribution is -2.62. The zero-order valence-electron chi connectivity index (χ0n) is 41.1. The van der Waals surface area contributed by atoms with Crippen LogP contribution in [0.5, 0.6) is 0 Å². The molecule has 0 spiro atoms. The van der Waals surface area contributed by atoms with Gasteiger partial charge >= 0.3 is 0 Å². The molecule has 0 radical (unpaired) electrons. The van der Waals surface area contributed by atoms with Crippen LogP contribution in [0, 0.1) is 62.6 Å². The molecule has 0 amide bonds. The highest BCUT2D eigenvalue weighted by Crippen LogP contribution is 2.66. The molecule has 10 unspecified atom stereocenters. The van der Waals surface area contributed by atoms with Gasteiger partial charge in [0.15, 0.2) is 0 Å². The van der Waals surface area contributed by atoms with Gasteiger partial charge in [-0.25, -0.2) is 0 Å². The molecule has 67 heavy (non-hydrogen) atoms. The van der Waals surface area contributed by atoms with E-state index in [9.17, 15) is 10.5 Å². The highest BCUT2D eigenvalue weighted by atomic mass is 15.2. The van der Waals surface area contributed by atoms with E-state index in [1.807, 2.05) is 12.1 Å². The minimum absolute atomic E-state index is 0.00553. The summed E-state index contributed by atoms with van der Waals surface area (Å²) >= 11 is 0. The van der Waals surface area contributed by atoms with Crippen LogP contribution in [0.3, 0.4) is 0 Å². The number of allylic oxidation sites excluding steroid dienone is 14. The van der Waals surface area contributed by atoms with Gasteiger partial charge in [0.25, 0.3) is 0 Å². The van der Waals surface area contributed by atoms with Crippen LogP contribution in [-0.2, 0) is 12.8 Å². The Morgan fingerprint density at radius 3 is 2.06 bits per heavy atom. The number of nitriles is 2. The molecule has 0 N–H and O–H groups in total. The highest BCUT2D eigenvalue weighted by molar-refractivity contribution is 5.86. The van der Waals surface area contributed by atoms with Crippen LogP contribution in [0.4, 0.5) is 17.1 Å². The molecule has 3 aromatic rings. The van der Waals surface area contributed by atoms with Gasteiger partial charge in [-0.15, -0.1) is 0 Å². The first kappa shape index (κ1) is 42.8. The number of hydrogen-bond acceptors (Lipinski definition) is 4. The van der Waals surface area contributed by atoms with E-state index in [0.717, 1.165) is 31.3 Å². The van der Waals surface area contributed by atoms with Crippen molar-refractivity contribution in [3.63, 3.8) is 0 Å². The van der Waals surface area contributed by atoms with Gasteiger partial charge in [-0.05, 0) is 187 Å². The van der Waals surface area contributed by atoms with E-state index in [4.69, 9.17) is 0 Å². The first-order valence-electron chi connectivity index (χ1n) is 25.9. The lowest BCUT2D eigenvalue weighted by molar-refractivity contribution is 0.0817. The average molecular weight is 881 g/mol. The summed E-state index contributed by atoms with van der Waals surface area (Å²) in [5.41, 5.74) is 19.0. The van der Waals surface area contributed by atoms with Gasteiger partial charge in [0.2, 0.25) is 0 Å². The van der Waals surface area contributed by atoms with Crippen LogP contribution in [0.2, 0.25) is 0 Å². The van der Waals surface area contributed by atoms with Gasteiger partial charge in [0.05, 0.1) is 17.7 Å². The second-order valence-electron chi connectivity index (χ2n) is 23.8. The fourth-order valence-corrected chi connectivity index (χ4v) is 16.3. The van der Waals surface area contributed by atoms with Gasteiger partial charge < -0.3 is 9.80 Å². The summed E-state index contributed by atoms with van der Waals surface area (Å²) in [7, 11) is 0. The quantitative estimate of drug-likeness (QED) is 0.245. The maximum Gasteiger partial charge on any atom is 0.0991 e. The summed E-state index contributed by atoms with van der Waals surface area (Å²) in [5.74, 6) is 1.78. The van der Waals surface area contributed by atoms with Gasteiger partial charge in [0, 0.05) is 56.7 Å². The van der Waals surface area contributed by atoms with Crippen molar-refractivity contribution in [1.29, 1.82) is 10.5 Å². The Morgan fingerprint density at radius 1 is 0.687 bits per heavy atom. The molecule has 0 bridgehead atoms. The van der Waals surface area contributed by atoms with Gasteiger partial charge in [-0.2, -0.15) is 10.5 Å². The van der Waals surface area contributed by atoms with E-state index in [1.165, 1.54) is 113 Å². The predicted octanol–water partition coefficient (Wildman–Crippen LogP) is 15.5. The minimum atomic E-state index is -0.0264. The van der Waals surface area contributed by atoms with Crippen molar-refractivity contribution >= 4 is 22.6 Å². The van der Waals surface area contributed by atoms with Crippen molar-refractivity contribution in [2.75, 3.05) is 9.80 Å². The highest BCUT2D eigenvalue weighted by Gasteiger charge is 2.58. The molecule has 2 heterocycles. The molecule has 0 aromatic heterocycles. The second kappa shape index (κ2) is 15.0. The van der Waals surface area contributed by atoms with Crippen molar-refractivity contribution in [2.45, 2.75) is 143 Å². The maximum atomic E-state index is 9.87. The van der Waals surface area contributed by atoms with E-state index >= 15 is 0 Å². The van der Waals surface area contributed by atoms with E-state index in [1.54, 1.807) is 5.57 Å². The van der Waals surface area contributed by atoms with Crippen molar-refractivity contribution in [1.82, 2.24) is 0 Å². The molecular weight excluding hydrogens is 813 g/mol. The molecular formula is C63H68N4. The molecule has 7 aliphatic carbocycles. The summed E-state index contributed by atoms with van der Waals surface area (Å²) < 4.78 is 0. The number of fused-ring (bicyclic) bond motifs is 4. The zero-order valence-corrected chi connectivity index (χ0v) is 41.1. The molecule has 4 nitrogen and oxygen atoms in total. The Morgan fingerprint density at radius 2 is 1.36 bits per heavy atom. The maximum absolute atomic E-state index is 9.87. The standard InChI is InChI=1S/C63H68N4/c1-40-32-50(21-14-46(40)39-65)67-57-26-17-44(34-47(57)36-60(4)29-9-11-31-62(60,67)6)51-22-15-43-16-24-55-53(33-41(2)54-25-23-52(51)58(43)63(54,55)7)45-18-27-56-48(35-45)37-59(3)28-8-10-30-61(59,5)66(56)49-19-12-42(38-64)13-20-49/h12-24,26-27,33-35,40-41,51,54,58H,8-11,25,28-32,36-37H2,1-7H3. The minimum Gasteiger partial charge on any atom is -0.338 e. The summed E-state index contributed by atoms with van der Waals surface area (Å²) in [6.07, 6.45) is 33.8. The monoisotopic (exact) mass is 881 g/mol.